The summed E-state index contributed by atoms with van der Waals surface area (Å²) >= 11 is 4.94. The van der Waals surface area contributed by atoms with Crippen molar-refractivity contribution in [2.45, 2.75) is 26.2 Å². The van der Waals surface area contributed by atoms with Gasteiger partial charge in [-0.2, -0.15) is 0 Å². The first-order valence-corrected chi connectivity index (χ1v) is 7.01. The van der Waals surface area contributed by atoms with Gasteiger partial charge in [0.2, 0.25) is 0 Å². The quantitative estimate of drug-likeness (QED) is 0.845. The van der Waals surface area contributed by atoms with Crippen LogP contribution in [0.25, 0.3) is 11.3 Å². The lowest BCUT2D eigenvalue weighted by Crippen LogP contribution is -2.10. The van der Waals surface area contributed by atoms with Gasteiger partial charge in [-0.25, -0.2) is 4.98 Å². The van der Waals surface area contributed by atoms with Crippen LogP contribution >= 0.6 is 27.3 Å². The summed E-state index contributed by atoms with van der Waals surface area (Å²) in [4.78, 5) is 4.32. The molecule has 0 spiro atoms. The van der Waals surface area contributed by atoms with Gasteiger partial charge >= 0.3 is 0 Å². The number of aromatic nitrogens is 1. The number of thiazole rings is 1. The van der Waals surface area contributed by atoms with Gasteiger partial charge in [-0.3, -0.25) is 0 Å². The molecule has 1 aromatic carbocycles. The Morgan fingerprint density at radius 3 is 2.18 bits per heavy atom. The number of nitrogens with zero attached hydrogens (tertiary/aromatic N) is 1. The second-order valence-corrected chi connectivity index (χ2v) is 7.35. The summed E-state index contributed by atoms with van der Waals surface area (Å²) in [5.74, 6) is 0. The van der Waals surface area contributed by atoms with Gasteiger partial charge in [0.1, 0.15) is 0 Å². The smallest absolute Gasteiger partial charge is 0.181 e. The number of nitrogen functional groups attached to an aromatic ring is 1. The van der Waals surface area contributed by atoms with Crippen molar-refractivity contribution in [3.63, 3.8) is 0 Å². The van der Waals surface area contributed by atoms with Crippen molar-refractivity contribution in [2.24, 2.45) is 0 Å². The maximum atomic E-state index is 5.69. The largest absolute Gasteiger partial charge is 0.375 e. The Morgan fingerprint density at radius 1 is 1.18 bits per heavy atom. The van der Waals surface area contributed by atoms with E-state index in [1.807, 2.05) is 0 Å². The Balaban J connectivity index is 2.39. The third-order valence-corrected chi connectivity index (χ3v) is 4.16. The number of halogens is 1. The molecule has 0 fully saturated rings. The Kier molecular flexibility index (Phi) is 3.27. The molecule has 1 aromatic heterocycles. The molecule has 2 N–H and O–H groups in total. The number of benzene rings is 1. The average molecular weight is 311 g/mol. The van der Waals surface area contributed by atoms with Gasteiger partial charge in [0.05, 0.1) is 9.48 Å². The molecule has 2 aromatic rings. The fraction of sp³-hybridized carbons (Fsp3) is 0.308. The molecule has 0 bridgehead atoms. The summed E-state index contributed by atoms with van der Waals surface area (Å²) in [6.45, 7) is 6.62. The van der Waals surface area contributed by atoms with Gasteiger partial charge in [0.25, 0.3) is 0 Å². The van der Waals surface area contributed by atoms with Gasteiger partial charge in [0.15, 0.2) is 5.13 Å². The summed E-state index contributed by atoms with van der Waals surface area (Å²) in [5.41, 5.74) is 9.21. The van der Waals surface area contributed by atoms with Gasteiger partial charge in [0, 0.05) is 5.56 Å². The second kappa shape index (κ2) is 4.42. The molecule has 0 saturated heterocycles. The highest BCUT2D eigenvalue weighted by atomic mass is 79.9. The third kappa shape index (κ3) is 2.69. The molecule has 2 nitrogen and oxygen atoms in total. The second-order valence-electron chi connectivity index (χ2n) is 5.00. The molecule has 0 amide bonds. The topological polar surface area (TPSA) is 38.9 Å². The van der Waals surface area contributed by atoms with Crippen molar-refractivity contribution in [3.05, 3.63) is 33.6 Å². The van der Waals surface area contributed by atoms with Crippen LogP contribution in [0.1, 0.15) is 26.3 Å². The van der Waals surface area contributed by atoms with E-state index in [1.54, 1.807) is 0 Å². The molecule has 90 valence electrons. The molecular weight excluding hydrogens is 296 g/mol. The molecule has 17 heavy (non-hydrogen) atoms. The van der Waals surface area contributed by atoms with Gasteiger partial charge in [-0.1, -0.05) is 56.4 Å². The molecule has 0 aliphatic carbocycles. The van der Waals surface area contributed by atoms with E-state index in [1.165, 1.54) is 16.9 Å². The predicted molar refractivity (Wildman–Crippen MR) is 78.4 cm³/mol. The molecule has 0 aliphatic rings. The lowest BCUT2D eigenvalue weighted by atomic mass is 9.86. The zero-order valence-electron chi connectivity index (χ0n) is 10.1. The molecule has 0 atom stereocenters. The molecular formula is C13H15BrN2S. The molecule has 1 heterocycles. The summed E-state index contributed by atoms with van der Waals surface area (Å²) in [7, 11) is 0. The highest BCUT2D eigenvalue weighted by molar-refractivity contribution is 9.11. The number of anilines is 1. The minimum absolute atomic E-state index is 0.177. The van der Waals surface area contributed by atoms with Crippen LogP contribution in [0, 0.1) is 0 Å². The molecule has 0 unspecified atom stereocenters. The fourth-order valence-electron chi connectivity index (χ4n) is 1.62. The van der Waals surface area contributed by atoms with Crippen LogP contribution in [-0.2, 0) is 5.41 Å². The van der Waals surface area contributed by atoms with Crippen molar-refractivity contribution >= 4 is 32.4 Å². The highest BCUT2D eigenvalue weighted by Gasteiger charge is 2.14. The number of nitrogens with two attached hydrogens (primary N) is 1. The predicted octanol–water partition coefficient (Wildman–Crippen LogP) is 4.45. The molecule has 2 rings (SSSR count). The maximum absolute atomic E-state index is 5.69. The van der Waals surface area contributed by atoms with E-state index in [0.717, 1.165) is 15.0 Å². The van der Waals surface area contributed by atoms with Crippen LogP contribution in [0.2, 0.25) is 0 Å². The third-order valence-electron chi connectivity index (χ3n) is 2.63. The van der Waals surface area contributed by atoms with Gasteiger partial charge < -0.3 is 5.73 Å². The van der Waals surface area contributed by atoms with E-state index >= 15 is 0 Å². The zero-order valence-corrected chi connectivity index (χ0v) is 12.5. The Hall–Kier alpha value is -0.870. The molecule has 4 heteroatoms. The first kappa shape index (κ1) is 12.6. The summed E-state index contributed by atoms with van der Waals surface area (Å²) in [6.07, 6.45) is 0. The average Bonchev–Trinajstić information content (AvgIpc) is 2.57. The van der Waals surface area contributed by atoms with E-state index in [9.17, 15) is 0 Å². The lowest BCUT2D eigenvalue weighted by molar-refractivity contribution is 0.590. The van der Waals surface area contributed by atoms with Gasteiger partial charge in [-0.15, -0.1) is 0 Å². The molecule has 0 aliphatic heterocycles. The maximum Gasteiger partial charge on any atom is 0.181 e. The van der Waals surface area contributed by atoms with Crippen LogP contribution < -0.4 is 5.73 Å². The first-order chi connectivity index (χ1) is 7.88. The fourth-order valence-corrected chi connectivity index (χ4v) is 3.02. The van der Waals surface area contributed by atoms with E-state index in [4.69, 9.17) is 5.73 Å². The molecule has 0 saturated carbocycles. The molecule has 0 radical (unpaired) electrons. The standard InChI is InChI=1S/C13H15BrN2S/c1-13(2,3)9-6-4-8(5-7-9)10-11(14)17-12(15)16-10/h4-7H,1-3H3,(H2,15,16). The lowest BCUT2D eigenvalue weighted by Gasteiger charge is -2.18. The monoisotopic (exact) mass is 310 g/mol. The van der Waals surface area contributed by atoms with Gasteiger partial charge in [-0.05, 0) is 26.9 Å². The van der Waals surface area contributed by atoms with Crippen molar-refractivity contribution in [2.75, 3.05) is 5.73 Å². The summed E-state index contributed by atoms with van der Waals surface area (Å²) in [6, 6.07) is 8.49. The Bertz CT molecular complexity index is 523. The summed E-state index contributed by atoms with van der Waals surface area (Å²) in [5, 5.41) is 0.590. The Labute approximate surface area is 114 Å². The van der Waals surface area contributed by atoms with Crippen LogP contribution in [0.3, 0.4) is 0 Å². The van der Waals surface area contributed by atoms with Crippen LogP contribution in [0.4, 0.5) is 5.13 Å². The number of hydrogen-bond donors (Lipinski definition) is 1. The highest BCUT2D eigenvalue weighted by Crippen LogP contribution is 2.35. The summed E-state index contributed by atoms with van der Waals surface area (Å²) < 4.78 is 0.985. The van der Waals surface area contributed by atoms with Crippen LogP contribution in [-0.4, -0.2) is 4.98 Å². The zero-order chi connectivity index (χ0) is 12.6. The van der Waals surface area contributed by atoms with Crippen molar-refractivity contribution in [1.29, 1.82) is 0 Å². The van der Waals surface area contributed by atoms with E-state index in [-0.39, 0.29) is 5.41 Å². The van der Waals surface area contributed by atoms with E-state index < -0.39 is 0 Å². The van der Waals surface area contributed by atoms with Crippen molar-refractivity contribution in [1.82, 2.24) is 4.98 Å². The van der Waals surface area contributed by atoms with E-state index in [2.05, 4.69) is 66.0 Å². The number of hydrogen-bond acceptors (Lipinski definition) is 3. The van der Waals surface area contributed by atoms with Crippen LogP contribution in [0.5, 0.6) is 0 Å². The number of rotatable bonds is 1. The van der Waals surface area contributed by atoms with Crippen LogP contribution in [0.15, 0.2) is 28.1 Å². The minimum Gasteiger partial charge on any atom is -0.375 e. The Morgan fingerprint density at radius 2 is 1.76 bits per heavy atom. The van der Waals surface area contributed by atoms with Crippen molar-refractivity contribution in [3.8, 4) is 11.3 Å². The SMILES string of the molecule is CC(C)(C)c1ccc(-c2nc(N)sc2Br)cc1. The van der Waals surface area contributed by atoms with E-state index in [0.29, 0.717) is 5.13 Å². The normalized spacial score (nSPS) is 11.8. The first-order valence-electron chi connectivity index (χ1n) is 5.40. The minimum atomic E-state index is 0.177. The van der Waals surface area contributed by atoms with Crippen molar-refractivity contribution < 1.29 is 0 Å².